The first-order chi connectivity index (χ1) is 11.4. The van der Waals surface area contributed by atoms with E-state index in [2.05, 4.69) is 10.6 Å². The average molecular weight is 331 g/mol. The van der Waals surface area contributed by atoms with E-state index in [9.17, 15) is 20.2 Å². The van der Waals surface area contributed by atoms with Gasteiger partial charge in [-0.2, -0.15) is 5.26 Å². The van der Waals surface area contributed by atoms with Gasteiger partial charge in [-0.15, -0.1) is 0 Å². The lowest BCUT2D eigenvalue weighted by Gasteiger charge is -2.32. The van der Waals surface area contributed by atoms with Gasteiger partial charge in [-0.05, 0) is 31.0 Å². The molecule has 1 fully saturated rings. The summed E-state index contributed by atoms with van der Waals surface area (Å²) in [6.45, 7) is 3.07. The summed E-state index contributed by atoms with van der Waals surface area (Å²) in [6, 6.07) is 5.54. The molecule has 0 aromatic heterocycles. The van der Waals surface area contributed by atoms with Gasteiger partial charge in [0.1, 0.15) is 0 Å². The summed E-state index contributed by atoms with van der Waals surface area (Å²) in [7, 11) is 0. The monoisotopic (exact) mass is 331 g/mol. The number of nitrogens with one attached hydrogen (secondary N) is 2. The van der Waals surface area contributed by atoms with E-state index in [1.54, 1.807) is 6.07 Å². The zero-order valence-electron chi connectivity index (χ0n) is 13.5. The Labute approximate surface area is 140 Å². The first-order valence-corrected chi connectivity index (χ1v) is 7.91. The number of hydrogen-bond acceptors (Lipinski definition) is 6. The molecule has 0 unspecified atom stereocenters. The highest BCUT2D eigenvalue weighted by atomic mass is 16.6. The van der Waals surface area contributed by atoms with Crippen molar-refractivity contribution in [1.29, 1.82) is 5.26 Å². The van der Waals surface area contributed by atoms with Crippen molar-refractivity contribution < 1.29 is 9.72 Å². The highest BCUT2D eigenvalue weighted by molar-refractivity contribution is 5.82. The second kappa shape index (κ2) is 7.38. The number of hydrogen-bond donors (Lipinski definition) is 3. The number of nitriles is 1. The molecule has 4 N–H and O–H groups in total. The number of nitrogens with zero attached hydrogens (tertiary/aromatic N) is 2. The van der Waals surface area contributed by atoms with Gasteiger partial charge in [0.05, 0.1) is 28.1 Å². The van der Waals surface area contributed by atoms with Gasteiger partial charge < -0.3 is 16.4 Å². The molecule has 2 atom stereocenters. The third-order valence-corrected chi connectivity index (χ3v) is 4.30. The molecule has 0 spiro atoms. The largest absolute Gasteiger partial charge is 0.344 e. The lowest BCUT2D eigenvalue weighted by molar-refractivity contribution is -0.384. The van der Waals surface area contributed by atoms with E-state index >= 15 is 0 Å². The van der Waals surface area contributed by atoms with Crippen LogP contribution in [0.5, 0.6) is 0 Å². The maximum absolute atomic E-state index is 12.4. The predicted molar refractivity (Wildman–Crippen MR) is 88.0 cm³/mol. The molecule has 0 aliphatic carbocycles. The fraction of sp³-hybridized carbons (Fsp3) is 0.500. The first-order valence-electron chi connectivity index (χ1n) is 7.91. The normalized spacial score (nSPS) is 21.0. The molecule has 1 aliphatic rings. The number of rotatable bonds is 6. The topological polar surface area (TPSA) is 134 Å². The van der Waals surface area contributed by atoms with Gasteiger partial charge in [-0.25, -0.2) is 0 Å². The third-order valence-electron chi connectivity index (χ3n) is 4.30. The van der Waals surface area contributed by atoms with Crippen LogP contribution >= 0.6 is 0 Å². The lowest BCUT2D eigenvalue weighted by atomic mass is 9.85. The van der Waals surface area contributed by atoms with E-state index in [-0.39, 0.29) is 17.2 Å². The van der Waals surface area contributed by atoms with Crippen molar-refractivity contribution in [1.82, 2.24) is 10.6 Å². The third kappa shape index (κ3) is 3.53. The highest BCUT2D eigenvalue weighted by Gasteiger charge is 2.40. The minimum absolute atomic E-state index is 0.148. The maximum Gasteiger partial charge on any atom is 0.270 e. The molecule has 2 rings (SSSR count). The van der Waals surface area contributed by atoms with Crippen molar-refractivity contribution in [2.45, 2.75) is 37.8 Å². The van der Waals surface area contributed by atoms with Crippen LogP contribution in [0.2, 0.25) is 0 Å². The standard InChI is InChI=1S/C16H21N5O3/c1-2-3-14(18)15(22)20-16(6-7-19-10-16)13-5-4-12(21(23)24)8-11(13)9-17/h4-5,8,14,19H,2-3,6-7,10,18H2,1H3,(H,20,22)/t14-,16+/m0/s1. The van der Waals surface area contributed by atoms with Crippen molar-refractivity contribution in [3.8, 4) is 6.07 Å². The number of carbonyl (C=O) groups is 1. The van der Waals surface area contributed by atoms with Crippen LogP contribution < -0.4 is 16.4 Å². The van der Waals surface area contributed by atoms with E-state index in [0.717, 1.165) is 6.42 Å². The van der Waals surface area contributed by atoms with Gasteiger partial charge in [0.25, 0.3) is 5.69 Å². The minimum atomic E-state index is -0.775. The number of carbonyl (C=O) groups excluding carboxylic acids is 1. The zero-order chi connectivity index (χ0) is 17.7. The van der Waals surface area contributed by atoms with Gasteiger partial charge in [0.15, 0.2) is 0 Å². The van der Waals surface area contributed by atoms with Crippen LogP contribution in [0.4, 0.5) is 5.69 Å². The minimum Gasteiger partial charge on any atom is -0.344 e. The lowest BCUT2D eigenvalue weighted by Crippen LogP contribution is -2.53. The van der Waals surface area contributed by atoms with Crippen LogP contribution in [0, 0.1) is 21.4 Å². The zero-order valence-corrected chi connectivity index (χ0v) is 13.5. The second-order valence-corrected chi connectivity index (χ2v) is 5.99. The van der Waals surface area contributed by atoms with Crippen LogP contribution in [0.15, 0.2) is 18.2 Å². The van der Waals surface area contributed by atoms with Gasteiger partial charge in [-0.3, -0.25) is 14.9 Å². The molecule has 1 aromatic carbocycles. The fourth-order valence-corrected chi connectivity index (χ4v) is 3.02. The summed E-state index contributed by atoms with van der Waals surface area (Å²) in [5.41, 5.74) is 5.74. The molecular weight excluding hydrogens is 310 g/mol. The van der Waals surface area contributed by atoms with Gasteiger partial charge in [0, 0.05) is 18.7 Å². The Morgan fingerprint density at radius 3 is 2.92 bits per heavy atom. The van der Waals surface area contributed by atoms with Crippen molar-refractivity contribution in [3.05, 3.63) is 39.4 Å². The van der Waals surface area contributed by atoms with Gasteiger partial charge >= 0.3 is 0 Å². The maximum atomic E-state index is 12.4. The number of non-ortho nitro benzene ring substituents is 1. The van der Waals surface area contributed by atoms with Crippen LogP contribution in [-0.4, -0.2) is 30.0 Å². The van der Waals surface area contributed by atoms with Crippen LogP contribution in [0.1, 0.15) is 37.3 Å². The molecule has 8 nitrogen and oxygen atoms in total. The van der Waals surface area contributed by atoms with Crippen molar-refractivity contribution in [2.75, 3.05) is 13.1 Å². The molecule has 0 saturated carbocycles. The Balaban J connectivity index is 2.39. The van der Waals surface area contributed by atoms with Crippen molar-refractivity contribution in [3.63, 3.8) is 0 Å². The van der Waals surface area contributed by atoms with E-state index in [4.69, 9.17) is 5.73 Å². The molecule has 0 bridgehead atoms. The summed E-state index contributed by atoms with van der Waals surface area (Å²) in [4.78, 5) is 22.8. The summed E-state index contributed by atoms with van der Waals surface area (Å²) in [5, 5.41) is 26.5. The highest BCUT2D eigenvalue weighted by Crippen LogP contribution is 2.32. The van der Waals surface area contributed by atoms with Gasteiger partial charge in [-0.1, -0.05) is 13.3 Å². The number of nitrogens with two attached hydrogens (primary N) is 1. The molecule has 24 heavy (non-hydrogen) atoms. The molecule has 1 saturated heterocycles. The average Bonchev–Trinajstić information content (AvgIpc) is 3.03. The molecule has 1 amide bonds. The summed E-state index contributed by atoms with van der Waals surface area (Å²) < 4.78 is 0. The van der Waals surface area contributed by atoms with Crippen molar-refractivity contribution in [2.24, 2.45) is 5.73 Å². The Hall–Kier alpha value is -2.50. The Kier molecular flexibility index (Phi) is 5.49. The van der Waals surface area contributed by atoms with Gasteiger partial charge in [0.2, 0.25) is 5.91 Å². The molecular formula is C16H21N5O3. The summed E-state index contributed by atoms with van der Waals surface area (Å²) in [6.07, 6.45) is 1.95. The number of nitro groups is 1. The molecule has 0 radical (unpaired) electrons. The summed E-state index contributed by atoms with van der Waals surface area (Å²) in [5.74, 6) is -0.275. The molecule has 8 heteroatoms. The number of amides is 1. The molecule has 1 heterocycles. The quantitative estimate of drug-likeness (QED) is 0.523. The van der Waals surface area contributed by atoms with E-state index in [1.165, 1.54) is 12.1 Å². The van der Waals surface area contributed by atoms with Crippen molar-refractivity contribution >= 4 is 11.6 Å². The van der Waals surface area contributed by atoms with Crippen LogP contribution in [-0.2, 0) is 10.3 Å². The molecule has 1 aromatic rings. The smallest absolute Gasteiger partial charge is 0.270 e. The SMILES string of the molecule is CCC[C@H](N)C(=O)N[C@]1(c2ccc([N+](=O)[O-])cc2C#N)CCNC1. The number of nitro benzene ring substituents is 1. The van der Waals surface area contributed by atoms with E-state index in [1.807, 2.05) is 13.0 Å². The second-order valence-electron chi connectivity index (χ2n) is 5.99. The Morgan fingerprint density at radius 2 is 2.38 bits per heavy atom. The van der Waals surface area contributed by atoms with Crippen LogP contribution in [0.25, 0.3) is 0 Å². The van der Waals surface area contributed by atoms with Crippen LogP contribution in [0.3, 0.4) is 0 Å². The molecule has 1 aliphatic heterocycles. The first kappa shape index (κ1) is 17.8. The Morgan fingerprint density at radius 1 is 1.62 bits per heavy atom. The van der Waals surface area contributed by atoms with E-state index in [0.29, 0.717) is 31.5 Å². The summed E-state index contributed by atoms with van der Waals surface area (Å²) >= 11 is 0. The Bertz CT molecular complexity index is 677. The van der Waals surface area contributed by atoms with E-state index < -0.39 is 16.5 Å². The fourth-order valence-electron chi connectivity index (χ4n) is 3.02. The number of benzene rings is 1. The molecule has 128 valence electrons. The predicted octanol–water partition coefficient (Wildman–Crippen LogP) is 0.899.